The summed E-state index contributed by atoms with van der Waals surface area (Å²) < 4.78 is 36.8. The largest absolute Gasteiger partial charge is 0.480 e. The molecule has 0 bridgehead atoms. The van der Waals surface area contributed by atoms with Gasteiger partial charge in [0.15, 0.2) is 0 Å². The standard InChI is InChI=1S/C10H10F3NO3S/c1-6-2-3-18-8(6)9(17)14(4-7(15)16)5-10(11,12)13/h2-3H,4-5H2,1H3,(H,15,16). The zero-order valence-corrected chi connectivity index (χ0v) is 10.1. The highest BCUT2D eigenvalue weighted by molar-refractivity contribution is 7.12. The second-order valence-electron chi connectivity index (χ2n) is 3.60. The molecule has 18 heavy (non-hydrogen) atoms. The number of hydrogen-bond donors (Lipinski definition) is 1. The zero-order chi connectivity index (χ0) is 13.9. The Kier molecular flexibility index (Phi) is 4.33. The van der Waals surface area contributed by atoms with Crippen molar-refractivity contribution in [1.29, 1.82) is 0 Å². The molecule has 1 N–H and O–H groups in total. The second-order valence-corrected chi connectivity index (χ2v) is 4.52. The third-order valence-corrected chi connectivity index (χ3v) is 3.04. The Morgan fingerprint density at radius 2 is 2.06 bits per heavy atom. The molecule has 8 heteroatoms. The van der Waals surface area contributed by atoms with Crippen LogP contribution in [0.25, 0.3) is 0 Å². The van der Waals surface area contributed by atoms with Crippen LogP contribution in [0.5, 0.6) is 0 Å². The Balaban J connectivity index is 2.93. The van der Waals surface area contributed by atoms with E-state index in [1.807, 2.05) is 0 Å². The fourth-order valence-corrected chi connectivity index (χ4v) is 2.21. The van der Waals surface area contributed by atoms with E-state index >= 15 is 0 Å². The lowest BCUT2D eigenvalue weighted by Gasteiger charge is -2.21. The molecule has 1 heterocycles. The maximum Gasteiger partial charge on any atom is 0.406 e. The molecule has 100 valence electrons. The highest BCUT2D eigenvalue weighted by atomic mass is 32.1. The van der Waals surface area contributed by atoms with Gasteiger partial charge in [-0.05, 0) is 23.9 Å². The topological polar surface area (TPSA) is 57.6 Å². The van der Waals surface area contributed by atoms with Crippen LogP contribution >= 0.6 is 11.3 Å². The average molecular weight is 281 g/mol. The minimum absolute atomic E-state index is 0.125. The predicted molar refractivity (Wildman–Crippen MR) is 58.7 cm³/mol. The number of nitrogens with zero attached hydrogens (tertiary/aromatic N) is 1. The SMILES string of the molecule is Cc1ccsc1C(=O)N(CC(=O)O)CC(F)(F)F. The lowest BCUT2D eigenvalue weighted by atomic mass is 10.2. The fourth-order valence-electron chi connectivity index (χ4n) is 1.31. The van der Waals surface area contributed by atoms with Gasteiger partial charge in [0.25, 0.3) is 5.91 Å². The number of thiophene rings is 1. The Morgan fingerprint density at radius 1 is 1.44 bits per heavy atom. The van der Waals surface area contributed by atoms with Crippen LogP contribution in [0.3, 0.4) is 0 Å². The first-order chi connectivity index (χ1) is 8.20. The number of hydrogen-bond acceptors (Lipinski definition) is 3. The molecular formula is C10H10F3NO3S. The third kappa shape index (κ3) is 4.02. The van der Waals surface area contributed by atoms with Gasteiger partial charge in [-0.2, -0.15) is 13.2 Å². The van der Waals surface area contributed by atoms with Gasteiger partial charge in [0.2, 0.25) is 0 Å². The fraction of sp³-hybridized carbons (Fsp3) is 0.400. The number of carboxylic acid groups (broad SMARTS) is 1. The van der Waals surface area contributed by atoms with E-state index in [9.17, 15) is 22.8 Å². The van der Waals surface area contributed by atoms with Gasteiger partial charge in [-0.25, -0.2) is 0 Å². The number of amides is 1. The van der Waals surface area contributed by atoms with E-state index in [1.54, 1.807) is 18.4 Å². The number of halogens is 3. The molecule has 0 aliphatic heterocycles. The summed E-state index contributed by atoms with van der Waals surface area (Å²) in [7, 11) is 0. The number of aliphatic carboxylic acids is 1. The van der Waals surface area contributed by atoms with Crippen LogP contribution in [0.4, 0.5) is 13.2 Å². The van der Waals surface area contributed by atoms with Crippen LogP contribution < -0.4 is 0 Å². The van der Waals surface area contributed by atoms with Gasteiger partial charge in [0, 0.05) is 0 Å². The van der Waals surface area contributed by atoms with Crippen molar-refractivity contribution in [2.24, 2.45) is 0 Å². The van der Waals surface area contributed by atoms with E-state index in [0.29, 0.717) is 5.56 Å². The van der Waals surface area contributed by atoms with E-state index < -0.39 is 31.1 Å². The summed E-state index contributed by atoms with van der Waals surface area (Å²) in [5.41, 5.74) is 0.530. The number of carbonyl (C=O) groups excluding carboxylic acids is 1. The molecule has 1 rings (SSSR count). The summed E-state index contributed by atoms with van der Waals surface area (Å²) in [6, 6.07) is 1.59. The minimum atomic E-state index is -4.63. The van der Waals surface area contributed by atoms with Crippen LogP contribution in [-0.2, 0) is 4.79 Å². The van der Waals surface area contributed by atoms with Crippen molar-refractivity contribution in [3.8, 4) is 0 Å². The Hall–Kier alpha value is -1.57. The van der Waals surface area contributed by atoms with Crippen LogP contribution in [0, 0.1) is 6.92 Å². The molecule has 0 radical (unpaired) electrons. The second kappa shape index (κ2) is 5.38. The molecule has 0 fully saturated rings. The molecule has 0 aliphatic carbocycles. The summed E-state index contributed by atoms with van der Waals surface area (Å²) in [6.07, 6.45) is -4.63. The molecule has 0 spiro atoms. The maximum absolute atomic E-state index is 12.3. The van der Waals surface area contributed by atoms with E-state index in [-0.39, 0.29) is 9.78 Å². The summed E-state index contributed by atoms with van der Waals surface area (Å²) in [5.74, 6) is -2.40. The van der Waals surface area contributed by atoms with Crippen molar-refractivity contribution in [3.05, 3.63) is 21.9 Å². The van der Waals surface area contributed by atoms with Crippen LogP contribution in [0.1, 0.15) is 15.2 Å². The number of aryl methyl sites for hydroxylation is 1. The first-order valence-electron chi connectivity index (χ1n) is 4.82. The summed E-state index contributed by atoms with van der Waals surface area (Å²) >= 11 is 0.988. The molecule has 0 atom stereocenters. The number of alkyl halides is 3. The zero-order valence-electron chi connectivity index (χ0n) is 9.32. The third-order valence-electron chi connectivity index (χ3n) is 2.04. The van der Waals surface area contributed by atoms with Gasteiger partial charge in [-0.1, -0.05) is 0 Å². The molecule has 0 aromatic carbocycles. The normalized spacial score (nSPS) is 11.3. The van der Waals surface area contributed by atoms with Crippen LogP contribution in [-0.4, -0.2) is 41.1 Å². The molecular weight excluding hydrogens is 271 g/mol. The van der Waals surface area contributed by atoms with Gasteiger partial charge in [-0.3, -0.25) is 9.59 Å². The van der Waals surface area contributed by atoms with Gasteiger partial charge in [-0.15, -0.1) is 11.3 Å². The molecule has 0 aliphatic rings. The van der Waals surface area contributed by atoms with Crippen molar-refractivity contribution in [3.63, 3.8) is 0 Å². The van der Waals surface area contributed by atoms with Crippen LogP contribution in [0.2, 0.25) is 0 Å². The molecule has 0 saturated heterocycles. The van der Waals surface area contributed by atoms with Gasteiger partial charge in [0.1, 0.15) is 13.1 Å². The van der Waals surface area contributed by atoms with Gasteiger partial charge >= 0.3 is 12.1 Å². The number of carboxylic acids is 1. The van der Waals surface area contributed by atoms with E-state index in [2.05, 4.69) is 0 Å². The van der Waals surface area contributed by atoms with Crippen molar-refractivity contribution < 1.29 is 27.9 Å². The monoisotopic (exact) mass is 281 g/mol. The molecule has 1 aromatic rings. The minimum Gasteiger partial charge on any atom is -0.480 e. The number of rotatable bonds is 4. The van der Waals surface area contributed by atoms with Crippen molar-refractivity contribution in [2.45, 2.75) is 13.1 Å². The van der Waals surface area contributed by atoms with Crippen LogP contribution in [0.15, 0.2) is 11.4 Å². The highest BCUT2D eigenvalue weighted by Gasteiger charge is 2.34. The average Bonchev–Trinajstić information content (AvgIpc) is 2.59. The van der Waals surface area contributed by atoms with E-state index in [4.69, 9.17) is 5.11 Å². The number of carbonyl (C=O) groups is 2. The Morgan fingerprint density at radius 3 is 2.44 bits per heavy atom. The Bertz CT molecular complexity index is 455. The first kappa shape index (κ1) is 14.5. The van der Waals surface area contributed by atoms with Gasteiger partial charge in [0.05, 0.1) is 4.88 Å². The van der Waals surface area contributed by atoms with E-state index in [0.717, 1.165) is 11.3 Å². The quantitative estimate of drug-likeness (QED) is 0.920. The molecule has 1 aromatic heterocycles. The molecule has 1 amide bonds. The molecule has 0 saturated carbocycles. The van der Waals surface area contributed by atoms with Crippen molar-refractivity contribution in [2.75, 3.05) is 13.1 Å². The lowest BCUT2D eigenvalue weighted by Crippen LogP contribution is -2.41. The van der Waals surface area contributed by atoms with E-state index in [1.165, 1.54) is 0 Å². The molecule has 0 unspecified atom stereocenters. The summed E-state index contributed by atoms with van der Waals surface area (Å²) in [4.78, 5) is 22.7. The predicted octanol–water partition coefficient (Wildman–Crippen LogP) is 2.15. The summed E-state index contributed by atoms with van der Waals surface area (Å²) in [6.45, 7) is -0.971. The highest BCUT2D eigenvalue weighted by Crippen LogP contribution is 2.22. The lowest BCUT2D eigenvalue weighted by molar-refractivity contribution is -0.149. The smallest absolute Gasteiger partial charge is 0.406 e. The maximum atomic E-state index is 12.3. The van der Waals surface area contributed by atoms with Crippen molar-refractivity contribution >= 4 is 23.2 Å². The molecule has 4 nitrogen and oxygen atoms in total. The van der Waals surface area contributed by atoms with Gasteiger partial charge < -0.3 is 10.0 Å². The summed E-state index contributed by atoms with van der Waals surface area (Å²) in [5, 5.41) is 10.1. The Labute approximate surface area is 105 Å². The van der Waals surface area contributed by atoms with Crippen molar-refractivity contribution in [1.82, 2.24) is 4.90 Å². The first-order valence-corrected chi connectivity index (χ1v) is 5.70.